The Bertz CT molecular complexity index is 246. The zero-order chi connectivity index (χ0) is 12.4. The van der Waals surface area contributed by atoms with E-state index in [1.54, 1.807) is 0 Å². The molecule has 2 N–H and O–H groups in total. The van der Waals surface area contributed by atoms with Crippen LogP contribution in [0.5, 0.6) is 0 Å². The van der Waals surface area contributed by atoms with Gasteiger partial charge in [0.25, 0.3) is 0 Å². The van der Waals surface area contributed by atoms with Gasteiger partial charge in [-0.2, -0.15) is 0 Å². The lowest BCUT2D eigenvalue weighted by Crippen LogP contribution is -2.11. The Hall–Kier alpha value is -1.40. The third kappa shape index (κ3) is 9.17. The molecule has 0 unspecified atom stereocenters. The number of aliphatic hydroxyl groups is 2. The molecule has 0 bridgehead atoms. The molecule has 92 valence electrons. The van der Waals surface area contributed by atoms with E-state index in [1.165, 1.54) is 0 Å². The van der Waals surface area contributed by atoms with Crippen LogP contribution in [0.15, 0.2) is 12.2 Å². The van der Waals surface area contributed by atoms with Gasteiger partial charge in [0.2, 0.25) is 0 Å². The summed E-state index contributed by atoms with van der Waals surface area (Å²) in [6, 6.07) is 0. The summed E-state index contributed by atoms with van der Waals surface area (Å²) >= 11 is 0. The Labute approximate surface area is 93.5 Å². The lowest BCUT2D eigenvalue weighted by Gasteiger charge is -2.03. The molecule has 0 saturated heterocycles. The summed E-state index contributed by atoms with van der Waals surface area (Å²) in [5.74, 6) is -1.34. The van der Waals surface area contributed by atoms with E-state index >= 15 is 0 Å². The third-order valence-corrected chi connectivity index (χ3v) is 1.42. The molecule has 6 heteroatoms. The maximum absolute atomic E-state index is 10.9. The van der Waals surface area contributed by atoms with Crippen LogP contribution in [0.3, 0.4) is 0 Å². The summed E-state index contributed by atoms with van der Waals surface area (Å²) in [6.07, 6.45) is 1.03. The topological polar surface area (TPSA) is 93.1 Å². The van der Waals surface area contributed by atoms with Crippen molar-refractivity contribution in [3.8, 4) is 0 Å². The highest BCUT2D eigenvalue weighted by molar-refractivity contribution is 5.91. The molecule has 0 aliphatic rings. The van der Waals surface area contributed by atoms with Gasteiger partial charge >= 0.3 is 11.9 Å². The maximum Gasteiger partial charge on any atom is 0.331 e. The number of ether oxygens (including phenoxy) is 2. The van der Waals surface area contributed by atoms with Gasteiger partial charge in [-0.05, 0) is 6.42 Å². The van der Waals surface area contributed by atoms with E-state index < -0.39 is 18.2 Å². The van der Waals surface area contributed by atoms with Gasteiger partial charge in [-0.1, -0.05) is 6.92 Å². The minimum Gasteiger partial charge on any atom is -0.463 e. The molecule has 0 fully saturated rings. The first kappa shape index (κ1) is 14.6. The first-order valence-corrected chi connectivity index (χ1v) is 4.94. The summed E-state index contributed by atoms with van der Waals surface area (Å²) < 4.78 is 9.22. The second-order valence-corrected chi connectivity index (χ2v) is 2.94. The standard InChI is InChI=1S/C10H16O6/c1-2-6-15-9(13)3-4-10(14)16-7-5-8(11)12/h3-4,8,11-12H,2,5-7H2,1H3/b4-3+. The Morgan fingerprint density at radius 2 is 1.62 bits per heavy atom. The van der Waals surface area contributed by atoms with Crippen LogP contribution < -0.4 is 0 Å². The summed E-state index contributed by atoms with van der Waals surface area (Å²) in [5, 5.41) is 16.9. The molecule has 0 aliphatic carbocycles. The van der Waals surface area contributed by atoms with E-state index in [1.807, 2.05) is 6.92 Å². The first-order valence-electron chi connectivity index (χ1n) is 4.94. The van der Waals surface area contributed by atoms with Crippen molar-refractivity contribution >= 4 is 11.9 Å². The number of carbonyl (C=O) groups is 2. The zero-order valence-corrected chi connectivity index (χ0v) is 9.09. The van der Waals surface area contributed by atoms with E-state index in [-0.39, 0.29) is 13.0 Å². The smallest absolute Gasteiger partial charge is 0.331 e. The third-order valence-electron chi connectivity index (χ3n) is 1.42. The van der Waals surface area contributed by atoms with Gasteiger partial charge in [0.05, 0.1) is 13.2 Å². The summed E-state index contributed by atoms with van der Waals surface area (Å²) in [7, 11) is 0. The SMILES string of the molecule is CCCOC(=O)/C=C/C(=O)OCCC(O)O. The predicted molar refractivity (Wildman–Crippen MR) is 54.2 cm³/mol. The van der Waals surface area contributed by atoms with Gasteiger partial charge < -0.3 is 19.7 Å². The quantitative estimate of drug-likeness (QED) is 0.357. The number of carbonyl (C=O) groups excluding carboxylic acids is 2. The summed E-state index contributed by atoms with van der Waals surface area (Å²) in [4.78, 5) is 21.8. The number of esters is 2. The monoisotopic (exact) mass is 232 g/mol. The maximum atomic E-state index is 10.9. The Morgan fingerprint density at radius 1 is 1.12 bits per heavy atom. The van der Waals surface area contributed by atoms with Crippen molar-refractivity contribution < 1.29 is 29.3 Å². The zero-order valence-electron chi connectivity index (χ0n) is 9.09. The molecule has 0 amide bonds. The van der Waals surface area contributed by atoms with Crippen molar-refractivity contribution in [1.82, 2.24) is 0 Å². The minimum absolute atomic E-state index is 0.0696. The van der Waals surface area contributed by atoms with Crippen molar-refractivity contribution in [2.75, 3.05) is 13.2 Å². The second kappa shape index (κ2) is 8.87. The molecule has 0 spiro atoms. The molecule has 0 heterocycles. The second-order valence-electron chi connectivity index (χ2n) is 2.94. The molecule has 0 saturated carbocycles. The molecule has 0 aliphatic heterocycles. The predicted octanol–water partition coefficient (Wildman–Crippen LogP) is -0.260. The number of aliphatic hydroxyl groups excluding tert-OH is 1. The molecular formula is C10H16O6. The number of rotatable bonds is 7. The van der Waals surface area contributed by atoms with Crippen LogP contribution in [0.1, 0.15) is 19.8 Å². The van der Waals surface area contributed by atoms with Gasteiger partial charge in [-0.15, -0.1) is 0 Å². The average Bonchev–Trinajstić information content (AvgIpc) is 2.23. The molecule has 0 aromatic carbocycles. The van der Waals surface area contributed by atoms with Crippen LogP contribution >= 0.6 is 0 Å². The van der Waals surface area contributed by atoms with Crippen LogP contribution in [0.4, 0.5) is 0 Å². The fraction of sp³-hybridized carbons (Fsp3) is 0.600. The fourth-order valence-electron chi connectivity index (χ4n) is 0.700. The summed E-state index contributed by atoms with van der Waals surface area (Å²) in [5.41, 5.74) is 0. The first-order chi connectivity index (χ1) is 7.56. The lowest BCUT2D eigenvalue weighted by molar-refractivity contribution is -0.142. The normalized spacial score (nSPS) is 10.8. The van der Waals surface area contributed by atoms with Crippen LogP contribution in [0, 0.1) is 0 Å². The van der Waals surface area contributed by atoms with E-state index in [2.05, 4.69) is 9.47 Å². The lowest BCUT2D eigenvalue weighted by atomic mass is 10.4. The highest BCUT2D eigenvalue weighted by Gasteiger charge is 2.02. The van der Waals surface area contributed by atoms with E-state index in [4.69, 9.17) is 10.2 Å². The molecule has 16 heavy (non-hydrogen) atoms. The number of hydrogen-bond donors (Lipinski definition) is 2. The van der Waals surface area contributed by atoms with Gasteiger partial charge in [0.15, 0.2) is 6.29 Å². The Kier molecular flexibility index (Phi) is 8.10. The van der Waals surface area contributed by atoms with Gasteiger partial charge in [-0.25, -0.2) is 9.59 Å². The van der Waals surface area contributed by atoms with Crippen LogP contribution in [0.2, 0.25) is 0 Å². The molecule has 0 aromatic rings. The van der Waals surface area contributed by atoms with Crippen molar-refractivity contribution in [2.24, 2.45) is 0 Å². The molecular weight excluding hydrogens is 216 g/mol. The van der Waals surface area contributed by atoms with Gasteiger partial charge in [0.1, 0.15) is 0 Å². The molecule has 0 atom stereocenters. The van der Waals surface area contributed by atoms with Crippen LogP contribution in [0.25, 0.3) is 0 Å². The number of hydrogen-bond acceptors (Lipinski definition) is 6. The molecule has 0 radical (unpaired) electrons. The van der Waals surface area contributed by atoms with E-state index in [0.717, 1.165) is 12.2 Å². The molecule has 0 rings (SSSR count). The molecule has 0 aromatic heterocycles. The van der Waals surface area contributed by atoms with E-state index in [0.29, 0.717) is 13.0 Å². The van der Waals surface area contributed by atoms with Crippen molar-refractivity contribution in [3.05, 3.63) is 12.2 Å². The Balaban J connectivity index is 3.69. The minimum atomic E-state index is -1.51. The van der Waals surface area contributed by atoms with Crippen LogP contribution in [-0.4, -0.2) is 41.7 Å². The molecule has 6 nitrogen and oxygen atoms in total. The Morgan fingerprint density at radius 3 is 2.06 bits per heavy atom. The van der Waals surface area contributed by atoms with Gasteiger partial charge in [-0.3, -0.25) is 0 Å². The van der Waals surface area contributed by atoms with Crippen LogP contribution in [-0.2, 0) is 19.1 Å². The largest absolute Gasteiger partial charge is 0.463 e. The van der Waals surface area contributed by atoms with Gasteiger partial charge in [0, 0.05) is 18.6 Å². The van der Waals surface area contributed by atoms with Crippen molar-refractivity contribution in [2.45, 2.75) is 26.1 Å². The summed E-state index contributed by atoms with van der Waals surface area (Å²) in [6.45, 7) is 2.03. The average molecular weight is 232 g/mol. The van der Waals surface area contributed by atoms with Crippen molar-refractivity contribution in [1.29, 1.82) is 0 Å². The highest BCUT2D eigenvalue weighted by Crippen LogP contribution is 1.91. The fourth-order valence-corrected chi connectivity index (χ4v) is 0.700. The van der Waals surface area contributed by atoms with E-state index in [9.17, 15) is 9.59 Å². The highest BCUT2D eigenvalue weighted by atomic mass is 16.5. The van der Waals surface area contributed by atoms with Crippen molar-refractivity contribution in [3.63, 3.8) is 0 Å².